The molecule has 1 unspecified atom stereocenters. The van der Waals surface area contributed by atoms with E-state index >= 15 is 0 Å². The fraction of sp³-hybridized carbons (Fsp3) is 0.333. The normalized spacial score (nSPS) is 11.4. The first-order chi connectivity index (χ1) is 13.5. The van der Waals surface area contributed by atoms with Gasteiger partial charge in [0.1, 0.15) is 11.9 Å². The fourth-order valence-corrected chi connectivity index (χ4v) is 2.32. The van der Waals surface area contributed by atoms with Crippen LogP contribution >= 0.6 is 0 Å². The van der Waals surface area contributed by atoms with Crippen molar-refractivity contribution in [1.29, 1.82) is 0 Å². The number of carbonyl (C=O) groups is 2. The van der Waals surface area contributed by atoms with Gasteiger partial charge in [-0.05, 0) is 37.6 Å². The Balaban J connectivity index is 2.06. The molecule has 2 amide bonds. The minimum Gasteiger partial charge on any atom is -0.446 e. The molecule has 7 nitrogen and oxygen atoms in total. The second kappa shape index (κ2) is 10.9. The Morgan fingerprint density at radius 1 is 1.11 bits per heavy atom. The summed E-state index contributed by atoms with van der Waals surface area (Å²) in [5.74, 6) is 0.310. The molecular weight excluding hydrogens is 360 g/mol. The molecule has 0 aromatic heterocycles. The molecule has 28 heavy (non-hydrogen) atoms. The predicted molar refractivity (Wildman–Crippen MR) is 108 cm³/mol. The highest BCUT2D eigenvalue weighted by molar-refractivity contribution is 5.89. The van der Waals surface area contributed by atoms with Gasteiger partial charge in [-0.1, -0.05) is 31.2 Å². The predicted octanol–water partition coefficient (Wildman–Crippen LogP) is 4.69. The zero-order valence-electron chi connectivity index (χ0n) is 16.4. The monoisotopic (exact) mass is 386 g/mol. The standard InChI is InChI=1S/C21H26N2O5/c1-4-16(2)27-20(24)22-17-9-8-12-19(15-17)28-21(25)23(13-14-26-3)18-10-6-5-7-11-18/h5-12,15-16H,4,13-14H2,1-3H3,(H,22,24). The van der Waals surface area contributed by atoms with Gasteiger partial charge in [0.05, 0.1) is 13.2 Å². The number of anilines is 2. The molecular formula is C21H26N2O5. The number of ether oxygens (including phenoxy) is 3. The van der Waals surface area contributed by atoms with Crippen LogP contribution in [-0.2, 0) is 9.47 Å². The lowest BCUT2D eigenvalue weighted by Gasteiger charge is -2.22. The molecule has 0 radical (unpaired) electrons. The van der Waals surface area contributed by atoms with Crippen LogP contribution in [0.3, 0.4) is 0 Å². The molecule has 150 valence electrons. The smallest absolute Gasteiger partial charge is 0.419 e. The van der Waals surface area contributed by atoms with Gasteiger partial charge in [-0.2, -0.15) is 0 Å². The molecule has 0 aliphatic carbocycles. The summed E-state index contributed by atoms with van der Waals surface area (Å²) in [4.78, 5) is 26.0. The molecule has 0 fully saturated rings. The van der Waals surface area contributed by atoms with Gasteiger partial charge in [0.15, 0.2) is 0 Å². The third kappa shape index (κ3) is 6.59. The highest BCUT2D eigenvalue weighted by atomic mass is 16.6. The number of nitrogens with one attached hydrogen (secondary N) is 1. The van der Waals surface area contributed by atoms with Gasteiger partial charge in [0, 0.05) is 24.6 Å². The first-order valence-electron chi connectivity index (χ1n) is 9.14. The molecule has 7 heteroatoms. The van der Waals surface area contributed by atoms with Crippen molar-refractivity contribution in [1.82, 2.24) is 0 Å². The largest absolute Gasteiger partial charge is 0.446 e. The minimum absolute atomic E-state index is 0.179. The van der Waals surface area contributed by atoms with E-state index in [0.29, 0.717) is 30.3 Å². The Morgan fingerprint density at radius 2 is 1.86 bits per heavy atom. The Morgan fingerprint density at radius 3 is 2.54 bits per heavy atom. The van der Waals surface area contributed by atoms with Crippen molar-refractivity contribution in [3.8, 4) is 5.75 Å². The molecule has 2 aromatic carbocycles. The Kier molecular flexibility index (Phi) is 8.30. The maximum atomic E-state index is 12.7. The van der Waals surface area contributed by atoms with Crippen LogP contribution in [0.4, 0.5) is 21.0 Å². The van der Waals surface area contributed by atoms with E-state index in [1.165, 1.54) is 4.90 Å². The van der Waals surface area contributed by atoms with Gasteiger partial charge in [0.2, 0.25) is 0 Å². The van der Waals surface area contributed by atoms with Crippen molar-refractivity contribution in [2.45, 2.75) is 26.4 Å². The third-order valence-corrected chi connectivity index (χ3v) is 3.98. The lowest BCUT2D eigenvalue weighted by molar-refractivity contribution is 0.118. The van der Waals surface area contributed by atoms with Crippen LogP contribution < -0.4 is 15.0 Å². The maximum absolute atomic E-state index is 12.7. The summed E-state index contributed by atoms with van der Waals surface area (Å²) in [6.07, 6.45) is -0.547. The first-order valence-corrected chi connectivity index (χ1v) is 9.14. The molecule has 1 atom stereocenters. The van der Waals surface area contributed by atoms with Crippen molar-refractivity contribution in [3.05, 3.63) is 54.6 Å². The number of carbonyl (C=O) groups excluding carboxylic acids is 2. The van der Waals surface area contributed by atoms with Crippen LogP contribution in [-0.4, -0.2) is 38.6 Å². The van der Waals surface area contributed by atoms with Crippen LogP contribution in [0.2, 0.25) is 0 Å². The molecule has 0 spiro atoms. The van der Waals surface area contributed by atoms with Crippen molar-refractivity contribution in [2.24, 2.45) is 0 Å². The lowest BCUT2D eigenvalue weighted by Crippen LogP contribution is -2.36. The van der Waals surface area contributed by atoms with Crippen LogP contribution in [0.15, 0.2) is 54.6 Å². The van der Waals surface area contributed by atoms with E-state index in [9.17, 15) is 9.59 Å². The fourth-order valence-electron chi connectivity index (χ4n) is 2.32. The number of methoxy groups -OCH3 is 1. The number of benzene rings is 2. The number of para-hydroxylation sites is 1. The molecule has 0 saturated carbocycles. The highest BCUT2D eigenvalue weighted by Gasteiger charge is 2.18. The Labute approximate surface area is 165 Å². The summed E-state index contributed by atoms with van der Waals surface area (Å²) in [6.45, 7) is 4.46. The second-order valence-corrected chi connectivity index (χ2v) is 6.12. The van der Waals surface area contributed by atoms with Crippen molar-refractivity contribution in [2.75, 3.05) is 30.5 Å². The van der Waals surface area contributed by atoms with Gasteiger partial charge >= 0.3 is 12.2 Å². The van der Waals surface area contributed by atoms with Crippen molar-refractivity contribution >= 4 is 23.6 Å². The van der Waals surface area contributed by atoms with Gasteiger partial charge in [-0.3, -0.25) is 10.2 Å². The van der Waals surface area contributed by atoms with Gasteiger partial charge in [-0.15, -0.1) is 0 Å². The average Bonchev–Trinajstić information content (AvgIpc) is 2.69. The van der Waals surface area contributed by atoms with Gasteiger partial charge in [-0.25, -0.2) is 9.59 Å². The number of hydrogen-bond acceptors (Lipinski definition) is 5. The minimum atomic E-state index is -0.552. The lowest BCUT2D eigenvalue weighted by atomic mass is 10.3. The summed E-state index contributed by atoms with van der Waals surface area (Å²) in [7, 11) is 1.57. The van der Waals surface area contributed by atoms with E-state index in [1.807, 2.05) is 44.2 Å². The van der Waals surface area contributed by atoms with E-state index in [1.54, 1.807) is 31.4 Å². The third-order valence-electron chi connectivity index (χ3n) is 3.98. The van der Waals surface area contributed by atoms with Crippen molar-refractivity contribution < 1.29 is 23.8 Å². The number of rotatable bonds is 8. The highest BCUT2D eigenvalue weighted by Crippen LogP contribution is 2.21. The van der Waals surface area contributed by atoms with E-state index in [0.717, 1.165) is 6.42 Å². The SMILES string of the molecule is CCC(C)OC(=O)Nc1cccc(OC(=O)N(CCOC)c2ccccc2)c1. The topological polar surface area (TPSA) is 77.1 Å². The average molecular weight is 386 g/mol. The van der Waals surface area contributed by atoms with Gasteiger partial charge < -0.3 is 14.2 Å². The maximum Gasteiger partial charge on any atom is 0.419 e. The van der Waals surface area contributed by atoms with E-state index in [2.05, 4.69) is 5.32 Å². The quantitative estimate of drug-likeness (QED) is 0.712. The Hall–Kier alpha value is -3.06. The summed E-state index contributed by atoms with van der Waals surface area (Å²) in [6, 6.07) is 15.8. The van der Waals surface area contributed by atoms with Crippen molar-refractivity contribution in [3.63, 3.8) is 0 Å². The molecule has 0 bridgehead atoms. The molecule has 0 aliphatic rings. The number of amides is 2. The van der Waals surface area contributed by atoms with E-state index in [-0.39, 0.29) is 6.10 Å². The summed E-state index contributed by atoms with van der Waals surface area (Å²) < 4.78 is 15.8. The zero-order chi connectivity index (χ0) is 20.4. The summed E-state index contributed by atoms with van der Waals surface area (Å²) in [5.41, 5.74) is 1.18. The number of nitrogens with zero attached hydrogens (tertiary/aromatic N) is 1. The molecule has 1 N–H and O–H groups in total. The molecule has 2 aromatic rings. The molecule has 2 rings (SSSR count). The molecule has 0 heterocycles. The molecule has 0 saturated heterocycles. The van der Waals surface area contributed by atoms with E-state index < -0.39 is 12.2 Å². The Bertz CT molecular complexity index is 766. The van der Waals surface area contributed by atoms with Crippen LogP contribution in [0.1, 0.15) is 20.3 Å². The van der Waals surface area contributed by atoms with E-state index in [4.69, 9.17) is 14.2 Å². The number of hydrogen-bond donors (Lipinski definition) is 1. The van der Waals surface area contributed by atoms with Crippen LogP contribution in [0, 0.1) is 0 Å². The summed E-state index contributed by atoms with van der Waals surface area (Å²) >= 11 is 0. The zero-order valence-corrected chi connectivity index (χ0v) is 16.4. The van der Waals surface area contributed by atoms with Crippen LogP contribution in [0.25, 0.3) is 0 Å². The van der Waals surface area contributed by atoms with Gasteiger partial charge in [0.25, 0.3) is 0 Å². The second-order valence-electron chi connectivity index (χ2n) is 6.12. The molecule has 0 aliphatic heterocycles. The first kappa shape index (κ1) is 21.2. The van der Waals surface area contributed by atoms with Crippen LogP contribution in [0.5, 0.6) is 5.75 Å². The summed E-state index contributed by atoms with van der Waals surface area (Å²) in [5, 5.41) is 2.63.